The van der Waals surface area contributed by atoms with E-state index in [1.165, 1.54) is 0 Å². The summed E-state index contributed by atoms with van der Waals surface area (Å²) in [4.78, 5) is 9.95. The van der Waals surface area contributed by atoms with Crippen LogP contribution in [0.25, 0.3) is 0 Å². The van der Waals surface area contributed by atoms with Gasteiger partial charge in [0, 0.05) is 0 Å². The average Bonchev–Trinajstić information content (AvgIpc) is 1.64. The molecule has 0 atom stereocenters. The molecule has 0 aromatic rings. The van der Waals surface area contributed by atoms with Crippen molar-refractivity contribution in [1.82, 2.24) is 0 Å². The third kappa shape index (κ3) is 2.00. The predicted octanol–water partition coefficient (Wildman–Crippen LogP) is -0.838. The molecule has 0 fully saturated rings. The van der Waals surface area contributed by atoms with Gasteiger partial charge in [-0.2, -0.15) is 0 Å². The van der Waals surface area contributed by atoms with Crippen LogP contribution >= 0.6 is 0 Å². The van der Waals surface area contributed by atoms with E-state index in [1.807, 2.05) is 0 Å². The first-order valence-corrected chi connectivity index (χ1v) is 2.88. The van der Waals surface area contributed by atoms with Crippen molar-refractivity contribution in [2.45, 2.75) is 6.92 Å². The van der Waals surface area contributed by atoms with E-state index in [-0.39, 0.29) is 5.70 Å². The Bertz CT molecular complexity index is 137. The molecule has 4 heteroatoms. The molecule has 0 amide bonds. The molecule has 46 valence electrons. The van der Waals surface area contributed by atoms with Crippen molar-refractivity contribution in [3.05, 3.63) is 10.2 Å². The van der Waals surface area contributed by atoms with Gasteiger partial charge in [0.1, 0.15) is 0 Å². The number of aliphatic carboxylic acids is 1. The molecule has 0 spiro atoms. The second-order valence-corrected chi connectivity index (χ2v) is 2.71. The van der Waals surface area contributed by atoms with Gasteiger partial charge in [-0.05, 0) is 0 Å². The summed E-state index contributed by atoms with van der Waals surface area (Å²) < 4.78 is 0.574. The first-order valence-electron chi connectivity index (χ1n) is 1.94. The minimum atomic E-state index is -1.07. The van der Waals surface area contributed by atoms with E-state index in [0.717, 1.165) is 0 Å². The third-order valence-electron chi connectivity index (χ3n) is 0.620. The van der Waals surface area contributed by atoms with Crippen molar-refractivity contribution in [2.75, 3.05) is 0 Å². The van der Waals surface area contributed by atoms with E-state index in [2.05, 4.69) is 16.0 Å². The zero-order chi connectivity index (χ0) is 6.73. The Morgan fingerprint density at radius 2 is 2.12 bits per heavy atom. The van der Waals surface area contributed by atoms with E-state index in [0.29, 0.717) is 4.47 Å². The number of nitrogens with two attached hydrogens (primary N) is 1. The molecule has 0 aliphatic rings. The molecule has 0 aliphatic heterocycles. The number of rotatable bonds is 1. The van der Waals surface area contributed by atoms with Gasteiger partial charge in [-0.1, -0.05) is 0 Å². The van der Waals surface area contributed by atoms with Crippen LogP contribution in [0.3, 0.4) is 0 Å². The second-order valence-electron chi connectivity index (χ2n) is 1.30. The van der Waals surface area contributed by atoms with E-state index >= 15 is 0 Å². The van der Waals surface area contributed by atoms with Gasteiger partial charge in [-0.15, -0.1) is 0 Å². The fraction of sp³-hybridized carbons (Fsp3) is 0.250. The van der Waals surface area contributed by atoms with Crippen LogP contribution in [-0.2, 0) is 4.79 Å². The van der Waals surface area contributed by atoms with Gasteiger partial charge in [-0.3, -0.25) is 0 Å². The second kappa shape index (κ2) is 2.74. The Labute approximate surface area is 55.4 Å². The SMILES string of the molecule is CC([SeH])=C(N)C(=O)O. The van der Waals surface area contributed by atoms with Crippen molar-refractivity contribution in [3.8, 4) is 0 Å². The molecule has 8 heavy (non-hydrogen) atoms. The van der Waals surface area contributed by atoms with Crippen molar-refractivity contribution in [2.24, 2.45) is 5.73 Å². The molecular weight excluding hydrogens is 173 g/mol. The van der Waals surface area contributed by atoms with Crippen molar-refractivity contribution in [3.63, 3.8) is 0 Å². The fourth-order valence-electron chi connectivity index (χ4n) is 0.155. The van der Waals surface area contributed by atoms with Crippen LogP contribution in [0, 0.1) is 0 Å². The van der Waals surface area contributed by atoms with E-state index < -0.39 is 5.97 Å². The quantitative estimate of drug-likeness (QED) is 0.408. The van der Waals surface area contributed by atoms with Gasteiger partial charge in [-0.25, -0.2) is 0 Å². The van der Waals surface area contributed by atoms with Crippen LogP contribution in [0.5, 0.6) is 0 Å². The summed E-state index contributed by atoms with van der Waals surface area (Å²) in [5, 5.41) is 8.16. The minimum absolute atomic E-state index is 0.0926. The maximum absolute atomic E-state index is 9.95. The van der Waals surface area contributed by atoms with Gasteiger partial charge in [0.05, 0.1) is 0 Å². The average molecular weight is 180 g/mol. The number of hydrogen-bond donors (Lipinski definition) is 2. The third-order valence-corrected chi connectivity index (χ3v) is 1.13. The van der Waals surface area contributed by atoms with E-state index in [1.54, 1.807) is 6.92 Å². The summed E-state index contributed by atoms with van der Waals surface area (Å²) in [6, 6.07) is 0. The summed E-state index contributed by atoms with van der Waals surface area (Å²) >= 11 is 2.08. The summed E-state index contributed by atoms with van der Waals surface area (Å²) in [6.07, 6.45) is 0. The molecule has 0 saturated heterocycles. The van der Waals surface area contributed by atoms with Crippen molar-refractivity contribution < 1.29 is 9.90 Å². The Morgan fingerprint density at radius 3 is 2.12 bits per heavy atom. The molecule has 0 aromatic carbocycles. The standard InChI is InChI=1S/C4H7NO2Se/c1-2(8)3(5)4(6)7/h8H,5H2,1H3,(H,6,7). The van der Waals surface area contributed by atoms with Crippen LogP contribution in [0.1, 0.15) is 6.92 Å². The van der Waals surface area contributed by atoms with E-state index in [4.69, 9.17) is 10.8 Å². The topological polar surface area (TPSA) is 63.3 Å². The van der Waals surface area contributed by atoms with E-state index in [9.17, 15) is 4.79 Å². The van der Waals surface area contributed by atoms with Crippen LogP contribution in [0.15, 0.2) is 10.2 Å². The van der Waals surface area contributed by atoms with Crippen LogP contribution in [-0.4, -0.2) is 27.1 Å². The van der Waals surface area contributed by atoms with Gasteiger partial charge >= 0.3 is 54.7 Å². The molecule has 0 aromatic heterocycles. The molecule has 0 saturated carbocycles. The normalized spacial score (nSPS) is 12.8. The first kappa shape index (κ1) is 7.53. The molecule has 0 aliphatic carbocycles. The maximum atomic E-state index is 9.95. The molecular formula is C4H7NO2Se. The number of carbonyl (C=O) groups is 1. The molecule has 0 radical (unpaired) electrons. The zero-order valence-electron chi connectivity index (χ0n) is 4.38. The Morgan fingerprint density at radius 1 is 1.75 bits per heavy atom. The van der Waals surface area contributed by atoms with Crippen LogP contribution in [0.4, 0.5) is 0 Å². The van der Waals surface area contributed by atoms with Gasteiger partial charge in [0.15, 0.2) is 0 Å². The Balaban J connectivity index is 4.23. The van der Waals surface area contributed by atoms with Crippen molar-refractivity contribution >= 4 is 22.0 Å². The zero-order valence-corrected chi connectivity index (χ0v) is 6.26. The predicted molar refractivity (Wildman–Crippen MR) is 31.7 cm³/mol. The number of carboxylic acids is 1. The van der Waals surface area contributed by atoms with Gasteiger partial charge in [0.25, 0.3) is 0 Å². The summed E-state index contributed by atoms with van der Waals surface area (Å²) in [6.45, 7) is 1.63. The van der Waals surface area contributed by atoms with Crippen molar-refractivity contribution in [1.29, 1.82) is 0 Å². The van der Waals surface area contributed by atoms with Gasteiger partial charge in [0.2, 0.25) is 0 Å². The Kier molecular flexibility index (Phi) is 2.58. The number of carboxylic acid groups (broad SMARTS) is 1. The summed E-state index contributed by atoms with van der Waals surface area (Å²) in [5.74, 6) is -1.07. The number of allylic oxidation sites excluding steroid dienone is 1. The summed E-state index contributed by atoms with van der Waals surface area (Å²) in [7, 11) is 0. The van der Waals surface area contributed by atoms with Gasteiger partial charge < -0.3 is 0 Å². The summed E-state index contributed by atoms with van der Waals surface area (Å²) in [5.41, 5.74) is 4.93. The monoisotopic (exact) mass is 181 g/mol. The first-order chi connectivity index (χ1) is 3.55. The molecule has 3 N–H and O–H groups in total. The molecule has 0 heterocycles. The Hall–Kier alpha value is -0.471. The number of hydrogen-bond acceptors (Lipinski definition) is 2. The molecule has 0 rings (SSSR count). The molecule has 0 unspecified atom stereocenters. The molecule has 3 nitrogen and oxygen atoms in total. The van der Waals surface area contributed by atoms with Crippen LogP contribution < -0.4 is 5.73 Å². The fourth-order valence-corrected chi connectivity index (χ4v) is 0.355. The van der Waals surface area contributed by atoms with Crippen LogP contribution in [0.2, 0.25) is 0 Å². The molecule has 0 bridgehead atoms.